The van der Waals surface area contributed by atoms with Crippen molar-refractivity contribution in [1.82, 2.24) is 10.2 Å². The van der Waals surface area contributed by atoms with Crippen molar-refractivity contribution >= 4 is 23.1 Å². The highest BCUT2D eigenvalue weighted by Gasteiger charge is 2.16. The van der Waals surface area contributed by atoms with Gasteiger partial charge in [0.15, 0.2) is 5.82 Å². The summed E-state index contributed by atoms with van der Waals surface area (Å²) in [5, 5.41) is 12.0. The molecule has 2 aromatic carbocycles. The SMILES string of the molecule is COc1ccccc1-c1cc(NC(=O)c2sccc2-c2ccccc2)n[nH]1. The van der Waals surface area contributed by atoms with E-state index < -0.39 is 0 Å². The number of amides is 1. The predicted octanol–water partition coefficient (Wildman–Crippen LogP) is 5.07. The van der Waals surface area contributed by atoms with Gasteiger partial charge in [-0.2, -0.15) is 5.10 Å². The number of nitrogens with zero attached hydrogens (tertiary/aromatic N) is 1. The van der Waals surface area contributed by atoms with Crippen LogP contribution in [0.1, 0.15) is 9.67 Å². The van der Waals surface area contributed by atoms with E-state index in [9.17, 15) is 4.79 Å². The molecule has 0 spiro atoms. The van der Waals surface area contributed by atoms with Crippen LogP contribution in [0.15, 0.2) is 72.1 Å². The Balaban J connectivity index is 1.57. The van der Waals surface area contributed by atoms with Gasteiger partial charge in [-0.15, -0.1) is 11.3 Å². The number of hydrogen-bond donors (Lipinski definition) is 2. The van der Waals surface area contributed by atoms with Crippen molar-refractivity contribution in [2.45, 2.75) is 0 Å². The van der Waals surface area contributed by atoms with Crippen molar-refractivity contribution in [2.24, 2.45) is 0 Å². The highest BCUT2D eigenvalue weighted by Crippen LogP contribution is 2.31. The maximum Gasteiger partial charge on any atom is 0.267 e. The fourth-order valence-corrected chi connectivity index (χ4v) is 3.71. The molecule has 0 aliphatic carbocycles. The Kier molecular flexibility index (Phi) is 4.72. The molecule has 4 rings (SSSR count). The quantitative estimate of drug-likeness (QED) is 0.512. The molecular formula is C21H17N3O2S. The number of anilines is 1. The molecule has 0 bridgehead atoms. The number of methoxy groups -OCH3 is 1. The van der Waals surface area contributed by atoms with Gasteiger partial charge in [0.25, 0.3) is 5.91 Å². The zero-order chi connectivity index (χ0) is 18.6. The van der Waals surface area contributed by atoms with E-state index in [4.69, 9.17) is 4.74 Å². The van der Waals surface area contributed by atoms with Crippen molar-refractivity contribution in [3.05, 3.63) is 77.0 Å². The Morgan fingerprint density at radius 3 is 2.63 bits per heavy atom. The summed E-state index contributed by atoms with van der Waals surface area (Å²) in [7, 11) is 1.62. The van der Waals surface area contributed by atoms with Gasteiger partial charge in [-0.3, -0.25) is 9.89 Å². The normalized spacial score (nSPS) is 10.6. The van der Waals surface area contributed by atoms with Crippen LogP contribution in [0.4, 0.5) is 5.82 Å². The average Bonchev–Trinajstić information content (AvgIpc) is 3.38. The van der Waals surface area contributed by atoms with Crippen molar-refractivity contribution in [3.8, 4) is 28.1 Å². The lowest BCUT2D eigenvalue weighted by atomic mass is 10.1. The molecule has 0 aliphatic heterocycles. The number of aromatic nitrogens is 2. The topological polar surface area (TPSA) is 67.0 Å². The molecule has 0 saturated heterocycles. The zero-order valence-corrected chi connectivity index (χ0v) is 15.4. The van der Waals surface area contributed by atoms with Gasteiger partial charge in [-0.1, -0.05) is 42.5 Å². The van der Waals surface area contributed by atoms with Crippen molar-refractivity contribution in [2.75, 3.05) is 12.4 Å². The van der Waals surface area contributed by atoms with E-state index in [0.29, 0.717) is 10.7 Å². The first-order valence-corrected chi connectivity index (χ1v) is 9.27. The standard InChI is InChI=1S/C21H17N3O2S/c1-26-18-10-6-5-9-16(18)17-13-19(24-23-17)22-21(25)20-15(11-12-27-20)14-7-3-2-4-8-14/h2-13H,1H3,(H2,22,23,24,25). The van der Waals surface area contributed by atoms with E-state index >= 15 is 0 Å². The largest absolute Gasteiger partial charge is 0.496 e. The molecule has 4 aromatic rings. The number of para-hydroxylation sites is 1. The molecule has 2 N–H and O–H groups in total. The lowest BCUT2D eigenvalue weighted by Crippen LogP contribution is -2.11. The van der Waals surface area contributed by atoms with Gasteiger partial charge in [-0.25, -0.2) is 0 Å². The summed E-state index contributed by atoms with van der Waals surface area (Å²) < 4.78 is 5.38. The molecule has 2 aromatic heterocycles. The maximum absolute atomic E-state index is 12.8. The summed E-state index contributed by atoms with van der Waals surface area (Å²) in [5.41, 5.74) is 3.59. The van der Waals surface area contributed by atoms with E-state index in [1.165, 1.54) is 11.3 Å². The number of benzene rings is 2. The van der Waals surface area contributed by atoms with Crippen LogP contribution in [-0.2, 0) is 0 Å². The smallest absolute Gasteiger partial charge is 0.267 e. The van der Waals surface area contributed by atoms with Crippen LogP contribution >= 0.6 is 11.3 Å². The van der Waals surface area contributed by atoms with Gasteiger partial charge < -0.3 is 10.1 Å². The fraction of sp³-hybridized carbons (Fsp3) is 0.0476. The average molecular weight is 375 g/mol. The molecule has 0 aliphatic rings. The third kappa shape index (κ3) is 3.47. The van der Waals surface area contributed by atoms with Gasteiger partial charge in [0.1, 0.15) is 10.6 Å². The molecule has 0 fully saturated rings. The first kappa shape index (κ1) is 17.1. The second kappa shape index (κ2) is 7.47. The van der Waals surface area contributed by atoms with E-state index in [2.05, 4.69) is 15.5 Å². The summed E-state index contributed by atoms with van der Waals surface area (Å²) in [6.45, 7) is 0. The van der Waals surface area contributed by atoms with Crippen molar-refractivity contribution in [1.29, 1.82) is 0 Å². The number of nitrogens with one attached hydrogen (secondary N) is 2. The zero-order valence-electron chi connectivity index (χ0n) is 14.6. The molecule has 0 unspecified atom stereocenters. The van der Waals surface area contributed by atoms with Crippen LogP contribution in [0.2, 0.25) is 0 Å². The Hall–Kier alpha value is -3.38. The fourth-order valence-electron chi connectivity index (χ4n) is 2.89. The number of hydrogen-bond acceptors (Lipinski definition) is 4. The minimum Gasteiger partial charge on any atom is -0.496 e. The third-order valence-electron chi connectivity index (χ3n) is 4.17. The van der Waals surface area contributed by atoms with E-state index in [-0.39, 0.29) is 5.91 Å². The molecule has 134 valence electrons. The minimum absolute atomic E-state index is 0.179. The number of H-pyrrole nitrogens is 1. The highest BCUT2D eigenvalue weighted by molar-refractivity contribution is 7.12. The number of rotatable bonds is 5. The Labute approximate surface area is 160 Å². The molecule has 5 nitrogen and oxygen atoms in total. The Morgan fingerprint density at radius 2 is 1.81 bits per heavy atom. The first-order valence-electron chi connectivity index (χ1n) is 8.39. The molecule has 0 radical (unpaired) electrons. The molecule has 0 saturated carbocycles. The minimum atomic E-state index is -0.179. The van der Waals surface area contributed by atoms with E-state index in [1.54, 1.807) is 13.2 Å². The van der Waals surface area contributed by atoms with Crippen LogP contribution < -0.4 is 10.1 Å². The molecule has 0 atom stereocenters. The van der Waals surface area contributed by atoms with Crippen LogP contribution in [0.25, 0.3) is 22.4 Å². The number of carbonyl (C=O) groups is 1. The van der Waals surface area contributed by atoms with Crippen molar-refractivity contribution in [3.63, 3.8) is 0 Å². The van der Waals surface area contributed by atoms with Gasteiger partial charge >= 0.3 is 0 Å². The van der Waals surface area contributed by atoms with E-state index in [0.717, 1.165) is 28.1 Å². The van der Waals surface area contributed by atoms with Gasteiger partial charge in [0.2, 0.25) is 0 Å². The summed E-state index contributed by atoms with van der Waals surface area (Å²) in [4.78, 5) is 13.4. The lowest BCUT2D eigenvalue weighted by molar-refractivity contribution is 0.103. The number of ether oxygens (including phenoxy) is 1. The first-order chi connectivity index (χ1) is 13.3. The Morgan fingerprint density at radius 1 is 1.04 bits per heavy atom. The molecule has 6 heteroatoms. The predicted molar refractivity (Wildman–Crippen MR) is 108 cm³/mol. The van der Waals surface area contributed by atoms with Crippen LogP contribution in [0.3, 0.4) is 0 Å². The van der Waals surface area contributed by atoms with Gasteiger partial charge in [0.05, 0.1) is 12.8 Å². The summed E-state index contributed by atoms with van der Waals surface area (Å²) in [5.74, 6) is 1.03. The van der Waals surface area contributed by atoms with Crippen molar-refractivity contribution < 1.29 is 9.53 Å². The molecule has 27 heavy (non-hydrogen) atoms. The highest BCUT2D eigenvalue weighted by atomic mass is 32.1. The number of carbonyl (C=O) groups excluding carboxylic acids is 1. The second-order valence-corrected chi connectivity index (χ2v) is 6.77. The molecule has 2 heterocycles. The van der Waals surface area contributed by atoms with Gasteiger partial charge in [0, 0.05) is 17.2 Å². The van der Waals surface area contributed by atoms with E-state index in [1.807, 2.05) is 66.0 Å². The summed E-state index contributed by atoms with van der Waals surface area (Å²) in [6.07, 6.45) is 0. The summed E-state index contributed by atoms with van der Waals surface area (Å²) >= 11 is 1.41. The van der Waals surface area contributed by atoms with Crippen LogP contribution in [0, 0.1) is 0 Å². The molecular weight excluding hydrogens is 358 g/mol. The number of aromatic amines is 1. The third-order valence-corrected chi connectivity index (χ3v) is 5.09. The maximum atomic E-state index is 12.8. The summed E-state index contributed by atoms with van der Waals surface area (Å²) in [6, 6.07) is 21.3. The van der Waals surface area contributed by atoms with Gasteiger partial charge in [-0.05, 0) is 29.1 Å². The van der Waals surface area contributed by atoms with Crippen LogP contribution in [0.5, 0.6) is 5.75 Å². The second-order valence-electron chi connectivity index (χ2n) is 5.85. The monoisotopic (exact) mass is 375 g/mol. The number of thiophene rings is 1. The lowest BCUT2D eigenvalue weighted by Gasteiger charge is -2.05. The Bertz CT molecular complexity index is 1070. The molecule has 1 amide bonds. The van der Waals surface area contributed by atoms with Crippen LogP contribution in [-0.4, -0.2) is 23.2 Å².